The highest BCUT2D eigenvalue weighted by Crippen LogP contribution is 2.22. The summed E-state index contributed by atoms with van der Waals surface area (Å²) in [6.45, 7) is 5.34. The summed E-state index contributed by atoms with van der Waals surface area (Å²) in [5.74, 6) is -0.671. The first-order chi connectivity index (χ1) is 12.0. The highest BCUT2D eigenvalue weighted by molar-refractivity contribution is 5.94. The minimum Gasteiger partial charge on any atom is -0.366 e. The number of nitrogens with zero attached hydrogens (tertiary/aromatic N) is 3. The average Bonchev–Trinajstić information content (AvgIpc) is 2.61. The van der Waals surface area contributed by atoms with Crippen molar-refractivity contribution in [2.24, 2.45) is 0 Å². The fourth-order valence-electron chi connectivity index (χ4n) is 2.96. The monoisotopic (exact) mass is 341 g/mol. The molecule has 1 aliphatic rings. The van der Waals surface area contributed by atoms with E-state index in [2.05, 4.69) is 4.98 Å². The fraction of sp³-hybridized carbons (Fsp3) is 0.316. The number of anilines is 1. The number of pyridine rings is 1. The van der Waals surface area contributed by atoms with Gasteiger partial charge in [0.2, 0.25) is 0 Å². The van der Waals surface area contributed by atoms with Gasteiger partial charge in [-0.2, -0.15) is 0 Å². The van der Waals surface area contributed by atoms with Crippen LogP contribution in [0.15, 0.2) is 36.4 Å². The van der Waals surface area contributed by atoms with Crippen LogP contribution in [-0.2, 0) is 0 Å². The van der Waals surface area contributed by atoms with Crippen molar-refractivity contribution < 1.29 is 14.0 Å². The van der Waals surface area contributed by atoms with Gasteiger partial charge >= 0.3 is 0 Å². The number of ketones is 1. The van der Waals surface area contributed by atoms with Gasteiger partial charge in [0.15, 0.2) is 5.78 Å². The SMILES string of the molecule is CC(=O)c1ccc(N2CCN(C(=O)c3cccc(C)n3)CC2)c(F)c1. The van der Waals surface area contributed by atoms with Gasteiger partial charge in [0.1, 0.15) is 11.5 Å². The number of aryl methyl sites for hydroxylation is 1. The Balaban J connectivity index is 1.68. The molecular formula is C19H20FN3O2. The lowest BCUT2D eigenvalue weighted by atomic mass is 10.1. The molecule has 0 radical (unpaired) electrons. The van der Waals surface area contributed by atoms with E-state index in [9.17, 15) is 14.0 Å². The molecule has 0 saturated carbocycles. The second kappa shape index (κ2) is 7.01. The number of halogens is 1. The van der Waals surface area contributed by atoms with Crippen LogP contribution in [0.2, 0.25) is 0 Å². The molecule has 0 N–H and O–H groups in total. The summed E-state index contributed by atoms with van der Waals surface area (Å²) in [7, 11) is 0. The number of benzene rings is 1. The van der Waals surface area contributed by atoms with Crippen LogP contribution < -0.4 is 4.90 Å². The van der Waals surface area contributed by atoms with Crippen LogP contribution >= 0.6 is 0 Å². The number of carbonyl (C=O) groups is 2. The standard InChI is InChI=1S/C19H20FN3O2/c1-13-4-3-5-17(21-13)19(25)23-10-8-22(9-11-23)18-7-6-15(14(2)24)12-16(18)20/h3-7,12H,8-11H2,1-2H3. The first-order valence-corrected chi connectivity index (χ1v) is 8.24. The van der Waals surface area contributed by atoms with Gasteiger partial charge in [0.25, 0.3) is 5.91 Å². The summed E-state index contributed by atoms with van der Waals surface area (Å²) in [4.78, 5) is 31.7. The molecule has 1 fully saturated rings. The Morgan fingerprint density at radius 1 is 1.08 bits per heavy atom. The molecule has 6 heteroatoms. The molecule has 1 saturated heterocycles. The van der Waals surface area contributed by atoms with E-state index in [4.69, 9.17) is 0 Å². The maximum atomic E-state index is 14.3. The zero-order valence-electron chi connectivity index (χ0n) is 14.3. The van der Waals surface area contributed by atoms with E-state index in [0.29, 0.717) is 43.1 Å². The second-order valence-corrected chi connectivity index (χ2v) is 6.17. The maximum absolute atomic E-state index is 14.3. The molecular weight excluding hydrogens is 321 g/mol. The average molecular weight is 341 g/mol. The lowest BCUT2D eigenvalue weighted by Crippen LogP contribution is -2.49. The number of carbonyl (C=O) groups excluding carboxylic acids is 2. The Morgan fingerprint density at radius 3 is 2.40 bits per heavy atom. The lowest BCUT2D eigenvalue weighted by Gasteiger charge is -2.36. The van der Waals surface area contributed by atoms with Crippen molar-refractivity contribution in [3.05, 3.63) is 59.2 Å². The number of aromatic nitrogens is 1. The van der Waals surface area contributed by atoms with Gasteiger partial charge in [-0.25, -0.2) is 9.37 Å². The van der Waals surface area contributed by atoms with Crippen molar-refractivity contribution in [1.82, 2.24) is 9.88 Å². The van der Waals surface area contributed by atoms with E-state index in [1.54, 1.807) is 23.1 Å². The van der Waals surface area contributed by atoms with E-state index in [1.165, 1.54) is 13.0 Å². The Hall–Kier alpha value is -2.76. The van der Waals surface area contributed by atoms with Crippen molar-refractivity contribution in [3.63, 3.8) is 0 Å². The highest BCUT2D eigenvalue weighted by Gasteiger charge is 2.24. The highest BCUT2D eigenvalue weighted by atomic mass is 19.1. The van der Waals surface area contributed by atoms with E-state index in [1.807, 2.05) is 24.0 Å². The molecule has 0 atom stereocenters. The van der Waals surface area contributed by atoms with Gasteiger partial charge in [-0.15, -0.1) is 0 Å². The molecule has 5 nitrogen and oxygen atoms in total. The van der Waals surface area contributed by atoms with Crippen molar-refractivity contribution in [1.29, 1.82) is 0 Å². The normalized spacial score (nSPS) is 14.5. The molecule has 1 aliphatic heterocycles. The Bertz CT molecular complexity index is 814. The van der Waals surface area contributed by atoms with Gasteiger partial charge in [0, 0.05) is 37.4 Å². The maximum Gasteiger partial charge on any atom is 0.272 e. The number of hydrogen-bond acceptors (Lipinski definition) is 4. The molecule has 0 unspecified atom stereocenters. The van der Waals surface area contributed by atoms with Crippen LogP contribution in [0.4, 0.5) is 10.1 Å². The molecule has 25 heavy (non-hydrogen) atoms. The molecule has 0 spiro atoms. The molecule has 1 amide bonds. The Labute approximate surface area is 146 Å². The van der Waals surface area contributed by atoms with Gasteiger partial charge in [-0.1, -0.05) is 6.07 Å². The molecule has 130 valence electrons. The van der Waals surface area contributed by atoms with Crippen molar-refractivity contribution in [2.75, 3.05) is 31.1 Å². The summed E-state index contributed by atoms with van der Waals surface area (Å²) in [6.07, 6.45) is 0. The van der Waals surface area contributed by atoms with Crippen LogP contribution in [0.3, 0.4) is 0 Å². The van der Waals surface area contributed by atoms with Gasteiger partial charge in [-0.3, -0.25) is 9.59 Å². The third-order valence-electron chi connectivity index (χ3n) is 4.37. The minimum absolute atomic E-state index is 0.101. The smallest absolute Gasteiger partial charge is 0.272 e. The molecule has 1 aromatic carbocycles. The number of piperazine rings is 1. The largest absolute Gasteiger partial charge is 0.366 e. The number of rotatable bonds is 3. The summed E-state index contributed by atoms with van der Waals surface area (Å²) in [5.41, 5.74) is 2.06. The van der Waals surface area contributed by atoms with E-state index in [-0.39, 0.29) is 11.7 Å². The van der Waals surface area contributed by atoms with Gasteiger partial charge < -0.3 is 9.80 Å². The summed E-state index contributed by atoms with van der Waals surface area (Å²) in [6, 6.07) is 9.91. The van der Waals surface area contributed by atoms with Crippen LogP contribution in [-0.4, -0.2) is 47.8 Å². The van der Waals surface area contributed by atoms with Crippen LogP contribution in [0.25, 0.3) is 0 Å². The molecule has 1 aromatic heterocycles. The van der Waals surface area contributed by atoms with E-state index < -0.39 is 5.82 Å². The van der Waals surface area contributed by atoms with E-state index in [0.717, 1.165) is 5.69 Å². The first kappa shape index (κ1) is 17.1. The van der Waals surface area contributed by atoms with Crippen LogP contribution in [0.1, 0.15) is 33.5 Å². The second-order valence-electron chi connectivity index (χ2n) is 6.17. The van der Waals surface area contributed by atoms with Crippen LogP contribution in [0.5, 0.6) is 0 Å². The third kappa shape index (κ3) is 3.68. The minimum atomic E-state index is -0.409. The predicted octanol–water partition coefficient (Wildman–Crippen LogP) is 2.69. The molecule has 3 rings (SSSR count). The van der Waals surface area contributed by atoms with Gasteiger partial charge in [-0.05, 0) is 44.2 Å². The Morgan fingerprint density at radius 2 is 1.80 bits per heavy atom. The van der Waals surface area contributed by atoms with Crippen molar-refractivity contribution in [3.8, 4) is 0 Å². The zero-order valence-corrected chi connectivity index (χ0v) is 14.3. The van der Waals surface area contributed by atoms with Crippen LogP contribution in [0, 0.1) is 12.7 Å². The molecule has 0 bridgehead atoms. The quantitative estimate of drug-likeness (QED) is 0.806. The number of hydrogen-bond donors (Lipinski definition) is 0. The molecule has 0 aliphatic carbocycles. The Kier molecular flexibility index (Phi) is 4.79. The number of Topliss-reactive ketones (excluding diaryl/α,β-unsaturated/α-hetero) is 1. The lowest BCUT2D eigenvalue weighted by molar-refractivity contribution is 0.0740. The molecule has 2 aromatic rings. The third-order valence-corrected chi connectivity index (χ3v) is 4.37. The zero-order chi connectivity index (χ0) is 18.0. The number of amides is 1. The summed E-state index contributed by atoms with van der Waals surface area (Å²) >= 11 is 0. The topological polar surface area (TPSA) is 53.5 Å². The van der Waals surface area contributed by atoms with Crippen molar-refractivity contribution >= 4 is 17.4 Å². The molecule has 2 heterocycles. The first-order valence-electron chi connectivity index (χ1n) is 8.24. The van der Waals surface area contributed by atoms with E-state index >= 15 is 0 Å². The fourth-order valence-corrected chi connectivity index (χ4v) is 2.96. The summed E-state index contributed by atoms with van der Waals surface area (Å²) < 4.78 is 14.3. The predicted molar refractivity (Wildman–Crippen MR) is 93.5 cm³/mol. The summed E-state index contributed by atoms with van der Waals surface area (Å²) in [5, 5.41) is 0. The van der Waals surface area contributed by atoms with Crippen molar-refractivity contribution in [2.45, 2.75) is 13.8 Å². The van der Waals surface area contributed by atoms with Gasteiger partial charge in [0.05, 0.1) is 5.69 Å².